The van der Waals surface area contributed by atoms with E-state index < -0.39 is 11.2 Å². The summed E-state index contributed by atoms with van der Waals surface area (Å²) in [5.41, 5.74) is 2.63. The third-order valence-electron chi connectivity index (χ3n) is 6.70. The van der Waals surface area contributed by atoms with Crippen molar-refractivity contribution in [3.8, 4) is 6.07 Å². The second-order valence-electron chi connectivity index (χ2n) is 8.73. The van der Waals surface area contributed by atoms with Gasteiger partial charge in [-0.25, -0.2) is 4.79 Å². The number of benzene rings is 1. The van der Waals surface area contributed by atoms with Gasteiger partial charge in [0.2, 0.25) is 0 Å². The Hall–Kier alpha value is -3.66. The molecule has 3 aromatic rings. The number of hydrogen-bond acceptors (Lipinski definition) is 4. The first kappa shape index (κ1) is 22.5. The van der Waals surface area contributed by atoms with E-state index in [-0.39, 0.29) is 23.9 Å². The molecule has 0 aliphatic carbocycles. The maximum Gasteiger partial charge on any atom is 0.331 e. The molecule has 4 rings (SSSR count). The molecule has 7 nitrogen and oxygen atoms in total. The van der Waals surface area contributed by atoms with Gasteiger partial charge in [-0.15, -0.1) is 0 Å². The number of rotatable bonds is 5. The second-order valence-corrected chi connectivity index (χ2v) is 8.73. The lowest BCUT2D eigenvalue weighted by molar-refractivity contribution is 0.0967. The standard InChI is InChI=1S/C26H28N4O3/c1-17-14-21(19(3)30(17)18(2)20-10-6-4-7-11-20)24(31)16-29-25(32)22(15-27)23-12-8-5-9-13-28(23)26(29)33/h4,6-7,10-11,14,18H,5,8-9,12-13,16H2,1-3H3/t18-/m0/s1. The van der Waals surface area contributed by atoms with Gasteiger partial charge >= 0.3 is 5.69 Å². The molecular formula is C26H28N4O3. The van der Waals surface area contributed by atoms with Gasteiger partial charge in [-0.2, -0.15) is 5.26 Å². The molecule has 2 aromatic heterocycles. The fourth-order valence-electron chi connectivity index (χ4n) is 4.99. The first-order valence-corrected chi connectivity index (χ1v) is 11.4. The highest BCUT2D eigenvalue weighted by Crippen LogP contribution is 2.26. The number of carbonyl (C=O) groups excluding carboxylic acids is 1. The molecule has 1 aliphatic heterocycles. The zero-order valence-electron chi connectivity index (χ0n) is 19.3. The molecule has 1 aromatic carbocycles. The Balaban J connectivity index is 1.73. The van der Waals surface area contributed by atoms with E-state index in [1.165, 1.54) is 4.57 Å². The normalized spacial score (nSPS) is 14.2. The Kier molecular flexibility index (Phi) is 6.19. The highest BCUT2D eigenvalue weighted by atomic mass is 16.2. The Bertz CT molecular complexity index is 1370. The van der Waals surface area contributed by atoms with Crippen molar-refractivity contribution in [2.45, 2.75) is 65.6 Å². The predicted molar refractivity (Wildman–Crippen MR) is 126 cm³/mol. The fraction of sp³-hybridized carbons (Fsp3) is 0.385. The average Bonchev–Trinajstić information content (AvgIpc) is 2.96. The predicted octanol–water partition coefficient (Wildman–Crippen LogP) is 3.52. The van der Waals surface area contributed by atoms with E-state index in [9.17, 15) is 19.6 Å². The summed E-state index contributed by atoms with van der Waals surface area (Å²) in [7, 11) is 0. The number of ketones is 1. The molecule has 0 spiro atoms. The molecule has 7 heteroatoms. The van der Waals surface area contributed by atoms with Crippen LogP contribution in [-0.2, 0) is 19.5 Å². The summed E-state index contributed by atoms with van der Waals surface area (Å²) in [6.45, 7) is 5.98. The quantitative estimate of drug-likeness (QED) is 0.563. The van der Waals surface area contributed by atoms with Crippen LogP contribution in [0.3, 0.4) is 0 Å². The summed E-state index contributed by atoms with van der Waals surface area (Å²) in [4.78, 5) is 39.4. The number of nitriles is 1. The summed E-state index contributed by atoms with van der Waals surface area (Å²) < 4.78 is 4.54. The Morgan fingerprint density at radius 3 is 2.55 bits per heavy atom. The summed E-state index contributed by atoms with van der Waals surface area (Å²) in [6.07, 6.45) is 3.11. The van der Waals surface area contributed by atoms with E-state index in [1.54, 1.807) is 0 Å². The van der Waals surface area contributed by atoms with Crippen LogP contribution in [0.5, 0.6) is 0 Å². The Labute approximate surface area is 192 Å². The van der Waals surface area contributed by atoms with Crippen LogP contribution in [0, 0.1) is 25.2 Å². The van der Waals surface area contributed by atoms with Gasteiger partial charge in [0.25, 0.3) is 5.56 Å². The highest BCUT2D eigenvalue weighted by molar-refractivity contribution is 5.97. The van der Waals surface area contributed by atoms with Crippen LogP contribution in [0.1, 0.15) is 70.8 Å². The SMILES string of the molecule is Cc1cc(C(=O)Cn2c(=O)c(C#N)c3n(c2=O)CCCCC3)c(C)n1[C@@H](C)c1ccccc1. The molecular weight excluding hydrogens is 416 g/mol. The zero-order chi connectivity index (χ0) is 23.7. The number of fused-ring (bicyclic) bond motifs is 1. The fourth-order valence-corrected chi connectivity index (χ4v) is 4.99. The minimum atomic E-state index is -0.671. The van der Waals surface area contributed by atoms with Crippen LogP contribution in [0.15, 0.2) is 46.0 Å². The maximum atomic E-state index is 13.3. The van der Waals surface area contributed by atoms with Crippen molar-refractivity contribution in [2.24, 2.45) is 0 Å². The molecule has 0 bridgehead atoms. The molecule has 170 valence electrons. The van der Waals surface area contributed by atoms with E-state index in [1.807, 2.05) is 56.3 Å². The van der Waals surface area contributed by atoms with Crippen LogP contribution in [0.2, 0.25) is 0 Å². The number of nitrogens with zero attached hydrogens (tertiary/aromatic N) is 4. The van der Waals surface area contributed by atoms with Crippen molar-refractivity contribution in [3.63, 3.8) is 0 Å². The summed E-state index contributed by atoms with van der Waals surface area (Å²) in [5, 5.41) is 9.62. The van der Waals surface area contributed by atoms with Crippen molar-refractivity contribution in [3.05, 3.63) is 91.0 Å². The van der Waals surface area contributed by atoms with Gasteiger partial charge in [0, 0.05) is 29.2 Å². The van der Waals surface area contributed by atoms with Gasteiger partial charge in [-0.3, -0.25) is 18.7 Å². The number of aromatic nitrogens is 3. The molecule has 0 N–H and O–H groups in total. The van der Waals surface area contributed by atoms with Gasteiger partial charge in [0.05, 0.1) is 12.6 Å². The molecule has 0 saturated carbocycles. The minimum absolute atomic E-state index is 0.0209. The van der Waals surface area contributed by atoms with Crippen molar-refractivity contribution >= 4 is 5.78 Å². The molecule has 33 heavy (non-hydrogen) atoms. The largest absolute Gasteiger partial charge is 0.341 e. The van der Waals surface area contributed by atoms with Crippen LogP contribution in [-0.4, -0.2) is 19.5 Å². The van der Waals surface area contributed by atoms with Gasteiger partial charge < -0.3 is 4.57 Å². The number of carbonyl (C=O) groups is 1. The van der Waals surface area contributed by atoms with E-state index >= 15 is 0 Å². The van der Waals surface area contributed by atoms with Crippen LogP contribution >= 0.6 is 0 Å². The number of Topliss-reactive ketones (excluding diaryl/α,β-unsaturated/α-hetero) is 1. The highest BCUT2D eigenvalue weighted by Gasteiger charge is 2.24. The first-order valence-electron chi connectivity index (χ1n) is 11.4. The molecule has 0 amide bonds. The third-order valence-corrected chi connectivity index (χ3v) is 6.70. The molecule has 3 heterocycles. The van der Waals surface area contributed by atoms with E-state index in [4.69, 9.17) is 0 Å². The first-order chi connectivity index (χ1) is 15.8. The van der Waals surface area contributed by atoms with Crippen molar-refractivity contribution in [2.75, 3.05) is 0 Å². The number of aryl methyl sites for hydroxylation is 1. The third kappa shape index (κ3) is 3.97. The van der Waals surface area contributed by atoms with Crippen LogP contribution < -0.4 is 11.2 Å². The second kappa shape index (κ2) is 9.07. The molecule has 0 fully saturated rings. The Morgan fingerprint density at radius 1 is 1.12 bits per heavy atom. The zero-order valence-corrected chi connectivity index (χ0v) is 19.3. The summed E-state index contributed by atoms with van der Waals surface area (Å²) in [5.74, 6) is -0.313. The minimum Gasteiger partial charge on any atom is -0.341 e. The lowest BCUT2D eigenvalue weighted by Gasteiger charge is -2.19. The summed E-state index contributed by atoms with van der Waals surface area (Å²) >= 11 is 0. The molecule has 0 saturated heterocycles. The van der Waals surface area contributed by atoms with Crippen molar-refractivity contribution in [1.29, 1.82) is 5.26 Å². The maximum absolute atomic E-state index is 13.3. The molecule has 0 radical (unpaired) electrons. The topological polar surface area (TPSA) is 89.8 Å². The van der Waals surface area contributed by atoms with Gasteiger partial charge in [-0.05, 0) is 51.7 Å². The molecule has 1 atom stereocenters. The molecule has 0 unspecified atom stereocenters. The number of hydrogen-bond donors (Lipinski definition) is 0. The Morgan fingerprint density at radius 2 is 1.85 bits per heavy atom. The summed E-state index contributed by atoms with van der Waals surface area (Å²) in [6, 6.07) is 13.8. The average molecular weight is 445 g/mol. The van der Waals surface area contributed by atoms with Gasteiger partial charge in [0.15, 0.2) is 5.78 Å². The lowest BCUT2D eigenvalue weighted by atomic mass is 10.1. The molecule has 1 aliphatic rings. The van der Waals surface area contributed by atoms with E-state index in [0.29, 0.717) is 24.2 Å². The van der Waals surface area contributed by atoms with Crippen molar-refractivity contribution in [1.82, 2.24) is 13.7 Å². The van der Waals surface area contributed by atoms with Gasteiger partial charge in [0.1, 0.15) is 11.6 Å². The van der Waals surface area contributed by atoms with Crippen LogP contribution in [0.4, 0.5) is 0 Å². The van der Waals surface area contributed by atoms with Crippen LogP contribution in [0.25, 0.3) is 0 Å². The van der Waals surface area contributed by atoms with E-state index in [2.05, 4.69) is 11.5 Å². The lowest BCUT2D eigenvalue weighted by Crippen LogP contribution is -2.44. The van der Waals surface area contributed by atoms with Gasteiger partial charge in [-0.1, -0.05) is 36.8 Å². The smallest absolute Gasteiger partial charge is 0.331 e. The van der Waals surface area contributed by atoms with Crippen molar-refractivity contribution < 1.29 is 4.79 Å². The van der Waals surface area contributed by atoms with E-state index in [0.717, 1.165) is 40.8 Å². The monoisotopic (exact) mass is 444 g/mol.